The second-order valence-corrected chi connectivity index (χ2v) is 5.67. The summed E-state index contributed by atoms with van der Waals surface area (Å²) in [7, 11) is 0. The molecule has 0 saturated carbocycles. The molecule has 0 atom stereocenters. The van der Waals surface area contributed by atoms with Crippen molar-refractivity contribution in [3.8, 4) is 0 Å². The van der Waals surface area contributed by atoms with Crippen LogP contribution in [0.4, 0.5) is 0 Å². The zero-order valence-electron chi connectivity index (χ0n) is 12.5. The molecule has 0 heterocycles. The van der Waals surface area contributed by atoms with E-state index in [1.807, 2.05) is 19.9 Å². The third-order valence-electron chi connectivity index (χ3n) is 3.49. The Balaban J connectivity index is 2.06. The van der Waals surface area contributed by atoms with Gasteiger partial charge in [0.05, 0.1) is 0 Å². The molecule has 0 radical (unpaired) electrons. The van der Waals surface area contributed by atoms with Crippen LogP contribution in [0.5, 0.6) is 0 Å². The Kier molecular flexibility index (Phi) is 7.09. The van der Waals surface area contributed by atoms with Gasteiger partial charge in [0.1, 0.15) is 5.84 Å². The van der Waals surface area contributed by atoms with Gasteiger partial charge in [0.2, 0.25) is 0 Å². The number of rotatable bonds is 9. The first-order chi connectivity index (χ1) is 9.56. The van der Waals surface area contributed by atoms with Crippen LogP contribution in [0.3, 0.4) is 0 Å². The second-order valence-electron chi connectivity index (χ2n) is 5.67. The summed E-state index contributed by atoms with van der Waals surface area (Å²) in [6.07, 6.45) is 3.85. The van der Waals surface area contributed by atoms with E-state index >= 15 is 0 Å². The second kappa shape index (κ2) is 8.59. The van der Waals surface area contributed by atoms with Crippen LogP contribution in [0, 0.1) is 5.41 Å². The highest BCUT2D eigenvalue weighted by molar-refractivity contribution is 5.85. The topological polar surface area (TPSA) is 67.8 Å². The zero-order chi connectivity index (χ0) is 14.8. The van der Waals surface area contributed by atoms with Crippen LogP contribution in [-0.2, 0) is 11.2 Å². The molecule has 0 amide bonds. The fourth-order valence-electron chi connectivity index (χ4n) is 2.00. The number of nitrogens with two attached hydrogens (primary N) is 1. The van der Waals surface area contributed by atoms with E-state index in [1.165, 1.54) is 5.56 Å². The molecule has 1 aromatic carbocycles. The first-order valence-electron chi connectivity index (χ1n) is 7.16. The molecule has 0 saturated heterocycles. The van der Waals surface area contributed by atoms with Crippen molar-refractivity contribution < 1.29 is 9.94 Å². The van der Waals surface area contributed by atoms with Crippen molar-refractivity contribution in [1.29, 1.82) is 0 Å². The molecule has 1 rings (SSSR count). The van der Waals surface area contributed by atoms with Gasteiger partial charge in [0, 0.05) is 18.6 Å². The van der Waals surface area contributed by atoms with Crippen molar-refractivity contribution in [2.75, 3.05) is 13.2 Å². The molecule has 0 aliphatic carbocycles. The van der Waals surface area contributed by atoms with E-state index in [-0.39, 0.29) is 11.3 Å². The number of aryl methyl sites for hydroxylation is 1. The largest absolute Gasteiger partial charge is 0.409 e. The van der Waals surface area contributed by atoms with E-state index in [1.54, 1.807) is 0 Å². The van der Waals surface area contributed by atoms with Gasteiger partial charge in [-0.25, -0.2) is 0 Å². The molecule has 0 aliphatic heterocycles. The smallest absolute Gasteiger partial charge is 0.144 e. The van der Waals surface area contributed by atoms with Gasteiger partial charge in [-0.15, -0.1) is 0 Å². The minimum Gasteiger partial charge on any atom is -0.409 e. The Labute approximate surface area is 121 Å². The predicted molar refractivity (Wildman–Crippen MR) is 82.0 cm³/mol. The van der Waals surface area contributed by atoms with Gasteiger partial charge in [0.15, 0.2) is 0 Å². The van der Waals surface area contributed by atoms with Crippen LogP contribution in [-0.4, -0.2) is 24.3 Å². The Morgan fingerprint density at radius 1 is 1.20 bits per heavy atom. The van der Waals surface area contributed by atoms with Crippen molar-refractivity contribution in [3.63, 3.8) is 0 Å². The van der Waals surface area contributed by atoms with Gasteiger partial charge < -0.3 is 15.7 Å². The van der Waals surface area contributed by atoms with Gasteiger partial charge in [-0.1, -0.05) is 49.3 Å². The van der Waals surface area contributed by atoms with Crippen molar-refractivity contribution in [1.82, 2.24) is 0 Å². The average molecular weight is 278 g/mol. The van der Waals surface area contributed by atoms with E-state index in [9.17, 15) is 0 Å². The Morgan fingerprint density at radius 3 is 2.50 bits per heavy atom. The first kappa shape index (κ1) is 16.5. The minimum atomic E-state index is -0.276. The molecule has 4 nitrogen and oxygen atoms in total. The van der Waals surface area contributed by atoms with Crippen molar-refractivity contribution >= 4 is 5.84 Å². The van der Waals surface area contributed by atoms with Crippen LogP contribution >= 0.6 is 0 Å². The van der Waals surface area contributed by atoms with Crippen LogP contribution < -0.4 is 5.73 Å². The molecule has 0 unspecified atom stereocenters. The Bertz CT molecular complexity index is 402. The number of ether oxygens (including phenoxy) is 1. The lowest BCUT2D eigenvalue weighted by molar-refractivity contribution is 0.123. The number of amidine groups is 1. The van der Waals surface area contributed by atoms with Crippen molar-refractivity contribution in [3.05, 3.63) is 35.9 Å². The molecule has 0 fully saturated rings. The fraction of sp³-hybridized carbons (Fsp3) is 0.562. The molecule has 0 spiro atoms. The number of oxime groups is 1. The van der Waals surface area contributed by atoms with E-state index in [4.69, 9.17) is 15.7 Å². The highest BCUT2D eigenvalue weighted by Crippen LogP contribution is 2.22. The van der Waals surface area contributed by atoms with Gasteiger partial charge in [-0.05, 0) is 31.2 Å². The van der Waals surface area contributed by atoms with Crippen molar-refractivity contribution in [2.45, 2.75) is 39.5 Å². The zero-order valence-corrected chi connectivity index (χ0v) is 12.5. The maximum atomic E-state index is 8.68. The van der Waals surface area contributed by atoms with Crippen LogP contribution in [0.2, 0.25) is 0 Å². The summed E-state index contributed by atoms with van der Waals surface area (Å²) in [5.41, 5.74) is 6.71. The average Bonchev–Trinajstić information content (AvgIpc) is 2.46. The van der Waals surface area contributed by atoms with Crippen molar-refractivity contribution in [2.24, 2.45) is 16.3 Å². The molecule has 1 aromatic rings. The molecule has 4 heteroatoms. The molecule has 0 aliphatic rings. The molecular formula is C16H26N2O2. The van der Waals surface area contributed by atoms with Gasteiger partial charge in [-0.2, -0.15) is 0 Å². The lowest BCUT2D eigenvalue weighted by Crippen LogP contribution is -2.32. The summed E-state index contributed by atoms with van der Waals surface area (Å²) in [4.78, 5) is 0. The minimum absolute atomic E-state index is 0.276. The molecule has 20 heavy (non-hydrogen) atoms. The number of nitrogens with zero attached hydrogens (tertiary/aromatic N) is 1. The Hall–Kier alpha value is -1.55. The fourth-order valence-corrected chi connectivity index (χ4v) is 2.00. The summed E-state index contributed by atoms with van der Waals surface area (Å²) < 4.78 is 5.62. The maximum Gasteiger partial charge on any atom is 0.144 e. The van der Waals surface area contributed by atoms with Gasteiger partial charge >= 0.3 is 0 Å². The highest BCUT2D eigenvalue weighted by Gasteiger charge is 2.22. The molecule has 112 valence electrons. The van der Waals surface area contributed by atoms with E-state index < -0.39 is 0 Å². The monoisotopic (exact) mass is 278 g/mol. The van der Waals surface area contributed by atoms with Crippen LogP contribution in [0.25, 0.3) is 0 Å². The van der Waals surface area contributed by atoms with Crippen LogP contribution in [0.15, 0.2) is 35.5 Å². The number of hydrogen-bond acceptors (Lipinski definition) is 3. The SMILES string of the molecule is CC(C)(CCCOCCCc1ccccc1)C(N)=NO. The van der Waals surface area contributed by atoms with E-state index in [0.717, 1.165) is 38.9 Å². The molecule has 0 bridgehead atoms. The molecule has 0 aromatic heterocycles. The predicted octanol–water partition coefficient (Wildman–Crippen LogP) is 3.19. The van der Waals surface area contributed by atoms with Crippen LogP contribution in [0.1, 0.15) is 38.7 Å². The quantitative estimate of drug-likeness (QED) is 0.240. The third kappa shape index (κ3) is 6.06. The van der Waals surface area contributed by atoms with Gasteiger partial charge in [0.25, 0.3) is 0 Å². The number of benzene rings is 1. The molecular weight excluding hydrogens is 252 g/mol. The summed E-state index contributed by atoms with van der Waals surface area (Å²) in [5.74, 6) is 0.279. The lowest BCUT2D eigenvalue weighted by Gasteiger charge is -2.22. The highest BCUT2D eigenvalue weighted by atomic mass is 16.5. The van der Waals surface area contributed by atoms with E-state index in [2.05, 4.69) is 29.4 Å². The molecule has 3 N–H and O–H groups in total. The van der Waals surface area contributed by atoms with Gasteiger partial charge in [-0.3, -0.25) is 0 Å². The standard InChI is InChI=1S/C16H26N2O2/c1-16(2,15(17)18-19)11-7-13-20-12-6-10-14-8-4-3-5-9-14/h3-5,8-9,19H,6-7,10-13H2,1-2H3,(H2,17,18). The summed E-state index contributed by atoms with van der Waals surface area (Å²) in [6, 6.07) is 10.4. The third-order valence-corrected chi connectivity index (χ3v) is 3.49. The lowest BCUT2D eigenvalue weighted by atomic mass is 9.87. The summed E-state index contributed by atoms with van der Waals surface area (Å²) in [6.45, 7) is 5.44. The summed E-state index contributed by atoms with van der Waals surface area (Å²) >= 11 is 0. The maximum absolute atomic E-state index is 8.68. The Morgan fingerprint density at radius 2 is 1.85 bits per heavy atom. The summed E-state index contributed by atoms with van der Waals surface area (Å²) in [5, 5.41) is 11.8. The first-order valence-corrected chi connectivity index (χ1v) is 7.16. The normalized spacial score (nSPS) is 12.6. The number of hydrogen-bond donors (Lipinski definition) is 2. The van der Waals surface area contributed by atoms with E-state index in [0.29, 0.717) is 0 Å².